The molecule has 0 bridgehead atoms. The van der Waals surface area contributed by atoms with Crippen LogP contribution in [0.4, 0.5) is 4.39 Å². The van der Waals surface area contributed by atoms with Crippen LogP contribution in [0.2, 0.25) is 0 Å². The molecule has 0 saturated carbocycles. The zero-order valence-electron chi connectivity index (χ0n) is 10.3. The summed E-state index contributed by atoms with van der Waals surface area (Å²) in [6.07, 6.45) is 2.17. The highest BCUT2D eigenvalue weighted by Gasteiger charge is 2.03. The molecule has 0 fully saturated rings. The number of nitrogens with zero attached hydrogens (tertiary/aromatic N) is 1. The van der Waals surface area contributed by atoms with Crippen molar-refractivity contribution in [3.8, 4) is 11.5 Å². The molecule has 2 aromatic carbocycles. The van der Waals surface area contributed by atoms with Gasteiger partial charge in [0.25, 0.3) is 0 Å². The van der Waals surface area contributed by atoms with Crippen molar-refractivity contribution in [2.24, 2.45) is 4.99 Å². The lowest BCUT2D eigenvalue weighted by molar-refractivity contribution is 0.431. The highest BCUT2D eigenvalue weighted by atomic mass is 19.1. The number of hydrogen-bond acceptors (Lipinski definition) is 3. The van der Waals surface area contributed by atoms with Gasteiger partial charge in [0.15, 0.2) is 11.6 Å². The molecule has 98 valence electrons. The largest absolute Gasteiger partial charge is 0.508 e. The molecule has 0 radical (unpaired) electrons. The van der Waals surface area contributed by atoms with Crippen molar-refractivity contribution < 1.29 is 14.6 Å². The summed E-state index contributed by atoms with van der Waals surface area (Å²) in [5.41, 5.74) is 1.42. The molecule has 0 unspecified atom stereocenters. The maximum atomic E-state index is 13.1. The Bertz CT molecular complexity index is 579. The van der Waals surface area contributed by atoms with Crippen LogP contribution in [-0.2, 0) is 6.42 Å². The fraction of sp³-hybridized carbons (Fsp3) is 0.133. The topological polar surface area (TPSA) is 52.8 Å². The van der Waals surface area contributed by atoms with E-state index < -0.39 is 5.82 Å². The van der Waals surface area contributed by atoms with Gasteiger partial charge >= 0.3 is 0 Å². The van der Waals surface area contributed by atoms with Crippen molar-refractivity contribution in [3.05, 3.63) is 59.4 Å². The van der Waals surface area contributed by atoms with E-state index in [0.29, 0.717) is 18.5 Å². The molecule has 2 N–H and O–H groups in total. The van der Waals surface area contributed by atoms with Crippen LogP contribution in [0.1, 0.15) is 11.1 Å². The van der Waals surface area contributed by atoms with Crippen LogP contribution >= 0.6 is 0 Å². The predicted molar refractivity (Wildman–Crippen MR) is 72.3 cm³/mol. The lowest BCUT2D eigenvalue weighted by Gasteiger charge is -2.00. The first-order valence-corrected chi connectivity index (χ1v) is 5.92. The van der Waals surface area contributed by atoms with Gasteiger partial charge in [0.2, 0.25) is 0 Å². The molecule has 0 aliphatic heterocycles. The lowest BCUT2D eigenvalue weighted by Crippen LogP contribution is -1.91. The van der Waals surface area contributed by atoms with E-state index in [-0.39, 0.29) is 11.5 Å². The van der Waals surface area contributed by atoms with Crippen molar-refractivity contribution in [1.29, 1.82) is 0 Å². The van der Waals surface area contributed by atoms with E-state index in [1.54, 1.807) is 18.2 Å². The molecule has 0 heterocycles. The second-order valence-electron chi connectivity index (χ2n) is 4.13. The van der Waals surface area contributed by atoms with E-state index in [9.17, 15) is 9.50 Å². The average molecular weight is 259 g/mol. The first kappa shape index (κ1) is 13.1. The molecule has 19 heavy (non-hydrogen) atoms. The fourth-order valence-electron chi connectivity index (χ4n) is 1.66. The molecule has 0 saturated heterocycles. The summed E-state index contributed by atoms with van der Waals surface area (Å²) in [4.78, 5) is 4.15. The molecule has 0 atom stereocenters. The molecule has 4 heteroatoms. The molecule has 2 rings (SSSR count). The third-order valence-electron chi connectivity index (χ3n) is 2.71. The summed E-state index contributed by atoms with van der Waals surface area (Å²) in [5.74, 6) is -0.796. The van der Waals surface area contributed by atoms with Crippen molar-refractivity contribution in [1.82, 2.24) is 0 Å². The maximum absolute atomic E-state index is 13.1. The van der Waals surface area contributed by atoms with Gasteiger partial charge in [-0.3, -0.25) is 4.99 Å². The average Bonchev–Trinajstić information content (AvgIpc) is 2.41. The minimum absolute atomic E-state index is 0.233. The van der Waals surface area contributed by atoms with E-state index in [1.807, 2.05) is 12.1 Å². The predicted octanol–water partition coefficient (Wildman–Crippen LogP) is 2.90. The van der Waals surface area contributed by atoms with Gasteiger partial charge < -0.3 is 10.2 Å². The number of phenolic OH excluding ortho intramolecular Hbond substituents is 2. The van der Waals surface area contributed by atoms with Crippen molar-refractivity contribution in [2.75, 3.05) is 6.54 Å². The Labute approximate surface area is 110 Å². The molecule has 0 amide bonds. The van der Waals surface area contributed by atoms with Crippen LogP contribution in [0.15, 0.2) is 47.5 Å². The van der Waals surface area contributed by atoms with Crippen molar-refractivity contribution in [2.45, 2.75) is 6.42 Å². The Hall–Kier alpha value is -2.36. The number of hydrogen-bond donors (Lipinski definition) is 2. The summed E-state index contributed by atoms with van der Waals surface area (Å²) >= 11 is 0. The highest BCUT2D eigenvalue weighted by molar-refractivity contribution is 5.83. The zero-order chi connectivity index (χ0) is 13.7. The quantitative estimate of drug-likeness (QED) is 0.829. The van der Waals surface area contributed by atoms with Gasteiger partial charge in [-0.05, 0) is 36.2 Å². The summed E-state index contributed by atoms with van der Waals surface area (Å²) in [7, 11) is 0. The third kappa shape index (κ3) is 3.55. The molecule has 0 aromatic heterocycles. The summed E-state index contributed by atoms with van der Waals surface area (Å²) < 4.78 is 13.1. The minimum Gasteiger partial charge on any atom is -0.508 e. The maximum Gasteiger partial charge on any atom is 0.165 e. The van der Waals surface area contributed by atoms with Crippen LogP contribution in [0.3, 0.4) is 0 Å². The van der Waals surface area contributed by atoms with E-state index in [4.69, 9.17) is 5.11 Å². The number of benzene rings is 2. The number of aliphatic imine (C=N–C) groups is 1. The number of rotatable bonds is 4. The molecular formula is C15H14FNO2. The van der Waals surface area contributed by atoms with Crippen LogP contribution in [0.25, 0.3) is 0 Å². The number of para-hydroxylation sites is 1. The van der Waals surface area contributed by atoms with Gasteiger partial charge in [-0.2, -0.15) is 0 Å². The summed E-state index contributed by atoms with van der Waals surface area (Å²) in [6.45, 7) is 0.529. The summed E-state index contributed by atoms with van der Waals surface area (Å²) in [5, 5.41) is 18.6. The lowest BCUT2D eigenvalue weighted by atomic mass is 10.1. The van der Waals surface area contributed by atoms with E-state index >= 15 is 0 Å². The van der Waals surface area contributed by atoms with Gasteiger partial charge in [0, 0.05) is 18.3 Å². The highest BCUT2D eigenvalue weighted by Crippen LogP contribution is 2.18. The fourth-order valence-corrected chi connectivity index (χ4v) is 1.66. The van der Waals surface area contributed by atoms with Crippen LogP contribution in [-0.4, -0.2) is 23.0 Å². The van der Waals surface area contributed by atoms with Gasteiger partial charge in [-0.25, -0.2) is 4.39 Å². The zero-order valence-corrected chi connectivity index (χ0v) is 10.3. The van der Waals surface area contributed by atoms with Gasteiger partial charge in [0.1, 0.15) is 5.75 Å². The number of phenols is 2. The van der Waals surface area contributed by atoms with E-state index in [1.165, 1.54) is 18.3 Å². The number of aromatic hydroxyl groups is 2. The van der Waals surface area contributed by atoms with E-state index in [0.717, 1.165) is 5.56 Å². The normalized spacial score (nSPS) is 11.0. The van der Waals surface area contributed by atoms with Crippen LogP contribution in [0, 0.1) is 5.82 Å². The first-order chi connectivity index (χ1) is 9.16. The molecule has 0 aliphatic carbocycles. The van der Waals surface area contributed by atoms with Crippen LogP contribution < -0.4 is 0 Å². The van der Waals surface area contributed by atoms with Gasteiger partial charge in [-0.1, -0.05) is 18.2 Å². The molecule has 0 spiro atoms. The van der Waals surface area contributed by atoms with E-state index in [2.05, 4.69) is 4.99 Å². The number of halogens is 1. The molecule has 2 aromatic rings. The Kier molecular flexibility index (Phi) is 4.13. The standard InChI is InChI=1S/C15H14FNO2/c16-14-3-1-2-12(15(14)19)10-17-9-8-11-4-6-13(18)7-5-11/h1-7,10,18-19H,8-9H2. The van der Waals surface area contributed by atoms with Crippen molar-refractivity contribution >= 4 is 6.21 Å². The first-order valence-electron chi connectivity index (χ1n) is 5.92. The van der Waals surface area contributed by atoms with Gasteiger partial charge in [-0.15, -0.1) is 0 Å². The third-order valence-corrected chi connectivity index (χ3v) is 2.71. The Morgan fingerprint density at radius 3 is 2.53 bits per heavy atom. The second kappa shape index (κ2) is 6.00. The van der Waals surface area contributed by atoms with Crippen molar-refractivity contribution in [3.63, 3.8) is 0 Å². The SMILES string of the molecule is Oc1ccc(CCN=Cc2cccc(F)c2O)cc1. The summed E-state index contributed by atoms with van der Waals surface area (Å²) in [6, 6.07) is 11.2. The molecular weight excluding hydrogens is 245 g/mol. The Balaban J connectivity index is 1.93. The van der Waals surface area contributed by atoms with Crippen LogP contribution in [0.5, 0.6) is 11.5 Å². The Morgan fingerprint density at radius 1 is 1.05 bits per heavy atom. The van der Waals surface area contributed by atoms with Gasteiger partial charge in [0.05, 0.1) is 0 Å². The molecule has 3 nitrogen and oxygen atoms in total. The molecule has 0 aliphatic rings. The Morgan fingerprint density at radius 2 is 1.79 bits per heavy atom. The smallest absolute Gasteiger partial charge is 0.165 e. The minimum atomic E-state index is -0.650. The second-order valence-corrected chi connectivity index (χ2v) is 4.13. The monoisotopic (exact) mass is 259 g/mol.